The topological polar surface area (TPSA) is 12.0 Å². The first-order chi connectivity index (χ1) is 9.72. The van der Waals surface area contributed by atoms with E-state index in [2.05, 4.69) is 73.6 Å². The van der Waals surface area contributed by atoms with E-state index in [9.17, 15) is 0 Å². The molecular formula is C16H17Br2NS. The molecule has 0 spiro atoms. The molecule has 1 N–H and O–H groups in total. The van der Waals surface area contributed by atoms with E-state index in [0.29, 0.717) is 6.04 Å². The highest BCUT2D eigenvalue weighted by Gasteiger charge is 2.30. The van der Waals surface area contributed by atoms with Crippen molar-refractivity contribution in [2.24, 2.45) is 0 Å². The van der Waals surface area contributed by atoms with Crippen molar-refractivity contribution in [3.8, 4) is 0 Å². The van der Waals surface area contributed by atoms with Gasteiger partial charge in [0.2, 0.25) is 0 Å². The average molecular weight is 415 g/mol. The van der Waals surface area contributed by atoms with Crippen LogP contribution in [-0.4, -0.2) is 12.6 Å². The lowest BCUT2D eigenvalue weighted by molar-refractivity contribution is 0.292. The van der Waals surface area contributed by atoms with Crippen molar-refractivity contribution in [3.05, 3.63) is 55.1 Å². The first kappa shape index (κ1) is 14.8. The quantitative estimate of drug-likeness (QED) is 0.694. The number of hydrogen-bond acceptors (Lipinski definition) is 2. The van der Waals surface area contributed by atoms with Crippen molar-refractivity contribution in [1.82, 2.24) is 5.32 Å². The predicted octanol–water partition coefficient (Wildman–Crippen LogP) is 5.35. The summed E-state index contributed by atoms with van der Waals surface area (Å²) in [7, 11) is 0. The molecule has 3 rings (SSSR count). The standard InChI is InChI=1S/C16H17Br2NS/c17-15-4-2-1-3-14(15)11-9-12(10-11)19-8-7-13-5-6-16(18)20-13/h1-6,11-12,19H,7-10H2. The Hall–Kier alpha value is -0.160. The zero-order chi connectivity index (χ0) is 13.9. The van der Waals surface area contributed by atoms with Crippen molar-refractivity contribution in [1.29, 1.82) is 0 Å². The molecule has 1 fully saturated rings. The van der Waals surface area contributed by atoms with Crippen LogP contribution in [0.3, 0.4) is 0 Å². The minimum absolute atomic E-state index is 0.690. The molecule has 1 heterocycles. The van der Waals surface area contributed by atoms with Crippen molar-refractivity contribution < 1.29 is 0 Å². The van der Waals surface area contributed by atoms with Crippen LogP contribution in [0, 0.1) is 0 Å². The Morgan fingerprint density at radius 2 is 1.90 bits per heavy atom. The summed E-state index contributed by atoms with van der Waals surface area (Å²) in [5.41, 5.74) is 1.47. The van der Waals surface area contributed by atoms with E-state index in [1.807, 2.05) is 11.3 Å². The minimum atomic E-state index is 0.690. The first-order valence-electron chi connectivity index (χ1n) is 6.94. The Morgan fingerprint density at radius 1 is 1.10 bits per heavy atom. The minimum Gasteiger partial charge on any atom is -0.314 e. The summed E-state index contributed by atoms with van der Waals surface area (Å²) in [5.74, 6) is 0.721. The van der Waals surface area contributed by atoms with Gasteiger partial charge in [-0.3, -0.25) is 0 Å². The second-order valence-corrected chi connectivity index (χ2v) is 8.70. The van der Waals surface area contributed by atoms with Gasteiger partial charge in [0.15, 0.2) is 0 Å². The maximum absolute atomic E-state index is 3.67. The lowest BCUT2D eigenvalue weighted by atomic mass is 9.76. The molecule has 0 saturated heterocycles. The molecule has 0 aliphatic heterocycles. The van der Waals surface area contributed by atoms with Gasteiger partial charge in [0.05, 0.1) is 3.79 Å². The second-order valence-electron chi connectivity index (χ2n) is 5.30. The fourth-order valence-corrected chi connectivity index (χ4v) is 4.82. The Labute approximate surface area is 141 Å². The maximum Gasteiger partial charge on any atom is 0.0701 e. The highest BCUT2D eigenvalue weighted by atomic mass is 79.9. The Bertz CT molecular complexity index is 575. The Kier molecular flexibility index (Phi) is 4.97. The third kappa shape index (κ3) is 3.53. The molecule has 1 aromatic carbocycles. The van der Waals surface area contributed by atoms with E-state index in [1.54, 1.807) is 0 Å². The number of nitrogens with one attached hydrogen (secondary N) is 1. The van der Waals surface area contributed by atoms with Gasteiger partial charge < -0.3 is 5.32 Å². The number of halogens is 2. The molecule has 1 aromatic heterocycles. The van der Waals surface area contributed by atoms with Gasteiger partial charge in [-0.05, 0) is 64.9 Å². The van der Waals surface area contributed by atoms with Crippen LogP contribution in [0.25, 0.3) is 0 Å². The van der Waals surface area contributed by atoms with E-state index >= 15 is 0 Å². The molecule has 0 amide bonds. The summed E-state index contributed by atoms with van der Waals surface area (Å²) in [5, 5.41) is 3.67. The van der Waals surface area contributed by atoms with Crippen LogP contribution in [0.15, 0.2) is 44.7 Å². The molecule has 0 bridgehead atoms. The normalized spacial score (nSPS) is 21.7. The third-order valence-corrected chi connectivity index (χ3v) is 6.32. The molecule has 1 aliphatic rings. The zero-order valence-electron chi connectivity index (χ0n) is 11.1. The summed E-state index contributed by atoms with van der Waals surface area (Å²) >= 11 is 9.00. The molecule has 0 radical (unpaired) electrons. The van der Waals surface area contributed by atoms with Crippen LogP contribution in [0.5, 0.6) is 0 Å². The number of benzene rings is 1. The summed E-state index contributed by atoms with van der Waals surface area (Å²) in [6.45, 7) is 1.08. The summed E-state index contributed by atoms with van der Waals surface area (Å²) in [6.07, 6.45) is 3.65. The maximum atomic E-state index is 3.67. The lowest BCUT2D eigenvalue weighted by Crippen LogP contribution is -2.41. The van der Waals surface area contributed by atoms with Gasteiger partial charge in [0.1, 0.15) is 0 Å². The van der Waals surface area contributed by atoms with Crippen LogP contribution < -0.4 is 5.32 Å². The molecule has 106 valence electrons. The number of hydrogen-bond donors (Lipinski definition) is 1. The second kappa shape index (κ2) is 6.73. The molecule has 1 nitrogen and oxygen atoms in total. The molecule has 4 heteroatoms. The van der Waals surface area contributed by atoms with Gasteiger partial charge >= 0.3 is 0 Å². The molecular weight excluding hydrogens is 398 g/mol. The summed E-state index contributed by atoms with van der Waals surface area (Å²) in [4.78, 5) is 1.45. The largest absolute Gasteiger partial charge is 0.314 e. The molecule has 2 aromatic rings. The van der Waals surface area contributed by atoms with Gasteiger partial charge in [-0.1, -0.05) is 34.1 Å². The molecule has 0 atom stereocenters. The number of thiophene rings is 1. The van der Waals surface area contributed by atoms with Crippen molar-refractivity contribution in [2.45, 2.75) is 31.2 Å². The SMILES string of the molecule is Brc1ccc(CCNC2CC(c3ccccc3Br)C2)s1. The van der Waals surface area contributed by atoms with Crippen molar-refractivity contribution in [2.75, 3.05) is 6.54 Å². The zero-order valence-corrected chi connectivity index (χ0v) is 15.1. The van der Waals surface area contributed by atoms with Gasteiger partial charge in [-0.15, -0.1) is 11.3 Å². The average Bonchev–Trinajstić information content (AvgIpc) is 2.79. The number of rotatable bonds is 5. The van der Waals surface area contributed by atoms with Crippen molar-refractivity contribution >= 4 is 43.2 Å². The predicted molar refractivity (Wildman–Crippen MR) is 93.6 cm³/mol. The van der Waals surface area contributed by atoms with Crippen LogP contribution in [0.2, 0.25) is 0 Å². The fourth-order valence-electron chi connectivity index (χ4n) is 2.73. The van der Waals surface area contributed by atoms with Gasteiger partial charge in [-0.25, -0.2) is 0 Å². The van der Waals surface area contributed by atoms with E-state index in [0.717, 1.165) is 18.9 Å². The summed E-state index contributed by atoms with van der Waals surface area (Å²) in [6, 6.07) is 13.6. The van der Waals surface area contributed by atoms with Gasteiger partial charge in [-0.2, -0.15) is 0 Å². The van der Waals surface area contributed by atoms with Crippen LogP contribution >= 0.6 is 43.2 Å². The monoisotopic (exact) mass is 413 g/mol. The smallest absolute Gasteiger partial charge is 0.0701 e. The summed E-state index contributed by atoms with van der Waals surface area (Å²) < 4.78 is 2.48. The van der Waals surface area contributed by atoms with Gasteiger partial charge in [0.25, 0.3) is 0 Å². The highest BCUT2D eigenvalue weighted by Crippen LogP contribution is 2.39. The van der Waals surface area contributed by atoms with E-state index in [-0.39, 0.29) is 0 Å². The van der Waals surface area contributed by atoms with Crippen LogP contribution in [-0.2, 0) is 6.42 Å². The molecule has 20 heavy (non-hydrogen) atoms. The third-order valence-electron chi connectivity index (χ3n) is 3.92. The van der Waals surface area contributed by atoms with E-state index < -0.39 is 0 Å². The van der Waals surface area contributed by atoms with E-state index in [4.69, 9.17) is 0 Å². The van der Waals surface area contributed by atoms with Crippen LogP contribution in [0.1, 0.15) is 29.2 Å². The Balaban J connectivity index is 1.41. The lowest BCUT2D eigenvalue weighted by Gasteiger charge is -2.37. The van der Waals surface area contributed by atoms with Crippen LogP contribution in [0.4, 0.5) is 0 Å². The van der Waals surface area contributed by atoms with E-state index in [1.165, 1.54) is 31.5 Å². The molecule has 0 unspecified atom stereocenters. The Morgan fingerprint density at radius 3 is 2.60 bits per heavy atom. The molecule has 1 saturated carbocycles. The fraction of sp³-hybridized carbons (Fsp3) is 0.375. The first-order valence-corrected chi connectivity index (χ1v) is 9.34. The van der Waals surface area contributed by atoms with Gasteiger partial charge in [0, 0.05) is 21.9 Å². The molecule has 1 aliphatic carbocycles. The highest BCUT2D eigenvalue weighted by molar-refractivity contribution is 9.11. The van der Waals surface area contributed by atoms with Crippen molar-refractivity contribution in [3.63, 3.8) is 0 Å².